The molecular weight excluding hydrogens is 362 g/mol. The summed E-state index contributed by atoms with van der Waals surface area (Å²) in [6.07, 6.45) is 0.555. The van der Waals surface area contributed by atoms with Gasteiger partial charge in [0.15, 0.2) is 0 Å². The van der Waals surface area contributed by atoms with Crippen LogP contribution in [0.3, 0.4) is 0 Å². The van der Waals surface area contributed by atoms with Crippen molar-refractivity contribution in [3.63, 3.8) is 0 Å². The Balaban J connectivity index is 1.44. The maximum absolute atomic E-state index is 10.5. The van der Waals surface area contributed by atoms with Crippen molar-refractivity contribution >= 4 is 0 Å². The average Bonchev–Trinajstić information content (AvgIpc) is 2.71. The van der Waals surface area contributed by atoms with Gasteiger partial charge in [0, 0.05) is 39.3 Å². The monoisotopic (exact) mass is 397 g/mol. The lowest BCUT2D eigenvalue weighted by Crippen LogP contribution is -2.38. The number of hydrogen-bond donors (Lipinski definition) is 1. The van der Waals surface area contributed by atoms with Crippen LogP contribution >= 0.6 is 0 Å². The first-order valence-electron chi connectivity index (χ1n) is 10.5. The summed E-state index contributed by atoms with van der Waals surface area (Å²) >= 11 is 0. The Hall–Kier alpha value is -1.92. The minimum Gasteiger partial charge on any atom is -0.491 e. The molecule has 158 valence electrons. The normalized spacial score (nSPS) is 15.5. The molecule has 5 nitrogen and oxygen atoms in total. The number of ether oxygens (including phenoxy) is 1. The van der Waals surface area contributed by atoms with Crippen molar-refractivity contribution in [3.05, 3.63) is 65.2 Å². The Morgan fingerprint density at radius 1 is 1.03 bits per heavy atom. The number of likely N-dealkylation sites (N-methyl/N-ethyl adjacent to an activating group) is 2. The molecule has 0 radical (unpaired) electrons. The molecule has 0 fully saturated rings. The minimum atomic E-state index is -0.494. The molecule has 1 heterocycles. The first-order chi connectivity index (χ1) is 14.0. The van der Waals surface area contributed by atoms with Crippen molar-refractivity contribution in [2.24, 2.45) is 0 Å². The number of β-amino-alcohol motifs (C(OH)–C–C–N with tert-alkyl or cyclic N) is 1. The van der Waals surface area contributed by atoms with Gasteiger partial charge < -0.3 is 19.6 Å². The van der Waals surface area contributed by atoms with Gasteiger partial charge >= 0.3 is 0 Å². The Morgan fingerprint density at radius 3 is 2.62 bits per heavy atom. The quantitative estimate of drug-likeness (QED) is 0.667. The van der Waals surface area contributed by atoms with E-state index in [1.807, 2.05) is 12.1 Å². The molecule has 1 unspecified atom stereocenters. The first-order valence-corrected chi connectivity index (χ1v) is 10.5. The number of hydrogen-bond acceptors (Lipinski definition) is 5. The molecule has 29 heavy (non-hydrogen) atoms. The largest absolute Gasteiger partial charge is 0.491 e. The summed E-state index contributed by atoms with van der Waals surface area (Å²) in [5.74, 6) is 0.826. The van der Waals surface area contributed by atoms with Crippen molar-refractivity contribution in [2.75, 3.05) is 53.9 Å². The van der Waals surface area contributed by atoms with Crippen molar-refractivity contribution in [3.8, 4) is 5.75 Å². The summed E-state index contributed by atoms with van der Waals surface area (Å²) in [4.78, 5) is 6.81. The highest BCUT2D eigenvalue weighted by Crippen LogP contribution is 2.19. The molecule has 1 atom stereocenters. The molecule has 0 bridgehead atoms. The maximum atomic E-state index is 10.5. The van der Waals surface area contributed by atoms with Crippen molar-refractivity contribution in [2.45, 2.75) is 25.6 Å². The van der Waals surface area contributed by atoms with E-state index in [9.17, 15) is 5.11 Å². The molecule has 0 saturated heterocycles. The van der Waals surface area contributed by atoms with Gasteiger partial charge in [-0.1, -0.05) is 36.4 Å². The van der Waals surface area contributed by atoms with E-state index in [1.165, 1.54) is 16.7 Å². The van der Waals surface area contributed by atoms with Gasteiger partial charge in [0.1, 0.15) is 18.5 Å². The molecule has 0 aromatic heterocycles. The van der Waals surface area contributed by atoms with E-state index in [0.717, 1.165) is 44.9 Å². The second-order valence-corrected chi connectivity index (χ2v) is 8.41. The lowest BCUT2D eigenvalue weighted by molar-refractivity contribution is 0.0637. The van der Waals surface area contributed by atoms with Gasteiger partial charge in [-0.05, 0) is 56.4 Å². The van der Waals surface area contributed by atoms with E-state index in [-0.39, 0.29) is 0 Å². The summed E-state index contributed by atoms with van der Waals surface area (Å²) in [7, 11) is 6.32. The lowest BCUT2D eigenvalue weighted by atomic mass is 10.00. The van der Waals surface area contributed by atoms with E-state index >= 15 is 0 Å². The van der Waals surface area contributed by atoms with E-state index in [2.05, 4.69) is 72.2 Å². The van der Waals surface area contributed by atoms with E-state index in [4.69, 9.17) is 4.74 Å². The predicted molar refractivity (Wildman–Crippen MR) is 118 cm³/mol. The fourth-order valence-electron chi connectivity index (χ4n) is 3.75. The van der Waals surface area contributed by atoms with Gasteiger partial charge in [0.05, 0.1) is 0 Å². The molecule has 1 aliphatic heterocycles. The van der Waals surface area contributed by atoms with Gasteiger partial charge in [-0.15, -0.1) is 0 Å². The molecule has 0 amide bonds. The van der Waals surface area contributed by atoms with E-state index in [0.29, 0.717) is 13.2 Å². The molecule has 0 spiro atoms. The average molecular weight is 398 g/mol. The predicted octanol–water partition coefficient (Wildman–Crippen LogP) is 2.48. The molecular formula is C24H35N3O2. The van der Waals surface area contributed by atoms with Crippen LogP contribution in [0.15, 0.2) is 48.5 Å². The van der Waals surface area contributed by atoms with Crippen molar-refractivity contribution in [1.82, 2.24) is 14.7 Å². The van der Waals surface area contributed by atoms with Crippen molar-refractivity contribution in [1.29, 1.82) is 0 Å². The molecule has 3 rings (SSSR count). The van der Waals surface area contributed by atoms with Crippen LogP contribution in [-0.2, 0) is 19.5 Å². The maximum Gasteiger partial charge on any atom is 0.119 e. The Labute approximate surface area is 175 Å². The van der Waals surface area contributed by atoms with Gasteiger partial charge in [-0.25, -0.2) is 0 Å². The molecule has 5 heteroatoms. The van der Waals surface area contributed by atoms with Gasteiger partial charge in [-0.2, -0.15) is 0 Å². The van der Waals surface area contributed by atoms with Crippen LogP contribution < -0.4 is 4.74 Å². The SMILES string of the molecule is CN(C)CCN(C)Cc1cccc(OCC(O)CN2CCc3ccccc3C2)c1. The van der Waals surface area contributed by atoms with Gasteiger partial charge in [-0.3, -0.25) is 4.90 Å². The molecule has 1 N–H and O–H groups in total. The summed E-state index contributed by atoms with van der Waals surface area (Å²) in [6.45, 7) is 5.81. The third-order valence-electron chi connectivity index (χ3n) is 5.40. The third kappa shape index (κ3) is 7.12. The number of aliphatic hydroxyl groups is 1. The van der Waals surface area contributed by atoms with Crippen LogP contribution in [0.1, 0.15) is 16.7 Å². The zero-order valence-electron chi connectivity index (χ0n) is 18.1. The summed E-state index contributed by atoms with van der Waals surface area (Å²) < 4.78 is 5.90. The molecule has 1 aliphatic rings. The van der Waals surface area contributed by atoms with Crippen LogP contribution in [0.5, 0.6) is 5.75 Å². The zero-order valence-corrected chi connectivity index (χ0v) is 18.1. The topological polar surface area (TPSA) is 39.2 Å². The number of rotatable bonds is 10. The van der Waals surface area contributed by atoms with E-state index < -0.39 is 6.10 Å². The van der Waals surface area contributed by atoms with Crippen LogP contribution in [0, 0.1) is 0 Å². The third-order valence-corrected chi connectivity index (χ3v) is 5.40. The number of aliphatic hydroxyl groups excluding tert-OH is 1. The second-order valence-electron chi connectivity index (χ2n) is 8.41. The van der Waals surface area contributed by atoms with Crippen molar-refractivity contribution < 1.29 is 9.84 Å². The smallest absolute Gasteiger partial charge is 0.119 e. The van der Waals surface area contributed by atoms with Crippen LogP contribution in [0.25, 0.3) is 0 Å². The van der Waals surface area contributed by atoms with Gasteiger partial charge in [0.2, 0.25) is 0 Å². The zero-order chi connectivity index (χ0) is 20.6. The first kappa shape index (κ1) is 21.8. The Morgan fingerprint density at radius 2 is 1.83 bits per heavy atom. The molecule has 0 saturated carbocycles. The number of fused-ring (bicyclic) bond motifs is 1. The summed E-state index contributed by atoms with van der Waals surface area (Å²) in [5, 5.41) is 10.5. The summed E-state index contributed by atoms with van der Waals surface area (Å²) in [6, 6.07) is 16.8. The summed E-state index contributed by atoms with van der Waals surface area (Å²) in [5.41, 5.74) is 4.03. The Bertz CT molecular complexity index is 765. The van der Waals surface area contributed by atoms with Crippen LogP contribution in [0.4, 0.5) is 0 Å². The lowest BCUT2D eigenvalue weighted by Gasteiger charge is -2.30. The van der Waals surface area contributed by atoms with Crippen LogP contribution in [-0.4, -0.2) is 79.8 Å². The highest BCUT2D eigenvalue weighted by Gasteiger charge is 2.18. The highest BCUT2D eigenvalue weighted by atomic mass is 16.5. The van der Waals surface area contributed by atoms with Gasteiger partial charge in [0.25, 0.3) is 0 Å². The molecule has 2 aromatic carbocycles. The second kappa shape index (κ2) is 10.7. The van der Waals surface area contributed by atoms with Crippen LogP contribution in [0.2, 0.25) is 0 Å². The number of nitrogens with zero attached hydrogens (tertiary/aromatic N) is 3. The molecule has 0 aliphatic carbocycles. The fourth-order valence-corrected chi connectivity index (χ4v) is 3.75. The molecule has 2 aromatic rings. The van der Waals surface area contributed by atoms with E-state index in [1.54, 1.807) is 0 Å². The minimum absolute atomic E-state index is 0.318. The number of benzene rings is 2. The highest BCUT2D eigenvalue weighted by molar-refractivity contribution is 5.29. The Kier molecular flexibility index (Phi) is 8.07. The standard InChI is InChI=1S/C24H35N3O2/c1-25(2)13-14-26(3)16-20-7-6-10-24(15-20)29-19-23(28)18-27-12-11-21-8-4-5-9-22(21)17-27/h4-10,15,23,28H,11-14,16-19H2,1-3H3. The fraction of sp³-hybridized carbons (Fsp3) is 0.500.